The Hall–Kier alpha value is -2.84. The van der Waals surface area contributed by atoms with E-state index in [9.17, 15) is 23.4 Å². The molecule has 0 saturated heterocycles. The molecule has 150 valence electrons. The van der Waals surface area contributed by atoms with Gasteiger partial charge in [-0.3, -0.25) is 4.79 Å². The third kappa shape index (κ3) is 4.96. The maximum atomic E-state index is 12.5. The number of benzene rings is 2. The molecule has 0 radical (unpaired) electrons. The van der Waals surface area contributed by atoms with E-state index in [2.05, 4.69) is 4.72 Å². The van der Waals surface area contributed by atoms with Crippen molar-refractivity contribution >= 4 is 15.8 Å². The zero-order chi connectivity index (χ0) is 21.1. The van der Waals surface area contributed by atoms with E-state index in [0.29, 0.717) is 11.1 Å². The molecule has 3 rings (SSSR count). The third-order valence-corrected chi connectivity index (χ3v) is 5.93. The minimum absolute atomic E-state index is 0.0275. The number of aryl methyl sites for hydroxylation is 1. The number of hydrogen-bond acceptors (Lipinski definition) is 5. The number of carbonyl (C=O) groups excluding carboxylic acids is 1. The average Bonchev–Trinajstić information content (AvgIpc) is 2.69. The molecule has 0 heterocycles. The number of sulfonamides is 1. The van der Waals surface area contributed by atoms with Gasteiger partial charge in [-0.1, -0.05) is 60.2 Å². The van der Waals surface area contributed by atoms with E-state index in [0.717, 1.165) is 11.6 Å². The fourth-order valence-electron chi connectivity index (χ4n) is 2.75. The van der Waals surface area contributed by atoms with Gasteiger partial charge in [0, 0.05) is 5.56 Å². The molecule has 0 amide bonds. The molecule has 0 aliphatic heterocycles. The Balaban J connectivity index is 1.73. The summed E-state index contributed by atoms with van der Waals surface area (Å²) in [5.41, 5.74) is -0.331. The number of rotatable bonds is 6. The molecule has 0 spiro atoms. The van der Waals surface area contributed by atoms with Crippen molar-refractivity contribution in [1.29, 1.82) is 0 Å². The van der Waals surface area contributed by atoms with Crippen molar-refractivity contribution in [2.24, 2.45) is 0 Å². The highest BCUT2D eigenvalue weighted by Crippen LogP contribution is 2.23. The quantitative estimate of drug-likeness (QED) is 0.384. The molecule has 2 unspecified atom stereocenters. The Labute approximate surface area is 169 Å². The zero-order valence-electron chi connectivity index (χ0n) is 15.7. The first-order valence-corrected chi connectivity index (χ1v) is 10.4. The van der Waals surface area contributed by atoms with E-state index in [1.807, 2.05) is 13.0 Å². The van der Waals surface area contributed by atoms with Gasteiger partial charge in [0.05, 0.1) is 4.90 Å². The highest BCUT2D eigenvalue weighted by atomic mass is 32.2. The van der Waals surface area contributed by atoms with E-state index in [-0.39, 0.29) is 10.7 Å². The van der Waals surface area contributed by atoms with E-state index in [4.69, 9.17) is 0 Å². The van der Waals surface area contributed by atoms with Gasteiger partial charge in [-0.25, -0.2) is 8.42 Å². The van der Waals surface area contributed by atoms with Gasteiger partial charge in [-0.15, -0.1) is 0 Å². The Morgan fingerprint density at radius 3 is 2.38 bits per heavy atom. The van der Waals surface area contributed by atoms with Crippen LogP contribution in [0.25, 0.3) is 0 Å². The van der Waals surface area contributed by atoms with Gasteiger partial charge >= 0.3 is 0 Å². The van der Waals surface area contributed by atoms with E-state index < -0.39 is 21.9 Å². The molecule has 0 bridgehead atoms. The molecule has 0 fully saturated rings. The minimum atomic E-state index is -4.06. The molecule has 2 atom stereocenters. The summed E-state index contributed by atoms with van der Waals surface area (Å²) < 4.78 is 27.2. The molecule has 0 saturated carbocycles. The van der Waals surface area contributed by atoms with Gasteiger partial charge in [-0.05, 0) is 42.9 Å². The first kappa shape index (κ1) is 20.9. The highest BCUT2D eigenvalue weighted by Gasteiger charge is 2.38. The molecule has 7 heteroatoms. The predicted octanol–water partition coefficient (Wildman–Crippen LogP) is 2.26. The Bertz CT molecular complexity index is 1090. The lowest BCUT2D eigenvalue weighted by atomic mass is 9.97. The monoisotopic (exact) mass is 411 g/mol. The van der Waals surface area contributed by atoms with Crippen molar-refractivity contribution in [3.63, 3.8) is 0 Å². The van der Waals surface area contributed by atoms with Gasteiger partial charge in [0.2, 0.25) is 10.0 Å². The van der Waals surface area contributed by atoms with E-state index >= 15 is 0 Å². The highest BCUT2D eigenvalue weighted by molar-refractivity contribution is 7.89. The Kier molecular flexibility index (Phi) is 5.95. The summed E-state index contributed by atoms with van der Waals surface area (Å²) >= 11 is 0. The zero-order valence-corrected chi connectivity index (χ0v) is 16.5. The molecule has 3 N–H and O–H groups in total. The summed E-state index contributed by atoms with van der Waals surface area (Å²) in [6.07, 6.45) is 5.14. The van der Waals surface area contributed by atoms with Crippen molar-refractivity contribution in [2.45, 2.75) is 23.6 Å². The van der Waals surface area contributed by atoms with Crippen LogP contribution < -0.4 is 4.72 Å². The molecule has 1 aliphatic carbocycles. The van der Waals surface area contributed by atoms with E-state index in [1.165, 1.54) is 36.4 Å². The van der Waals surface area contributed by atoms with Crippen LogP contribution in [0.15, 0.2) is 95.4 Å². The maximum absolute atomic E-state index is 12.5. The van der Waals surface area contributed by atoms with Crippen molar-refractivity contribution in [2.75, 3.05) is 0 Å². The molecule has 2 aromatic rings. The SMILES string of the molecule is Cc1ccc(S(=O)(=O)NC2(O)C=CC(C=CC(=O)c3ccccc3)=CC2O)cc1. The number of aliphatic hydroxyl groups is 2. The van der Waals surface area contributed by atoms with Crippen LogP contribution in [0.2, 0.25) is 0 Å². The normalized spacial score (nSPS) is 21.9. The van der Waals surface area contributed by atoms with Crippen LogP contribution in [0.5, 0.6) is 0 Å². The number of carbonyl (C=O) groups is 1. The molecule has 6 nitrogen and oxygen atoms in total. The van der Waals surface area contributed by atoms with Gasteiger partial charge < -0.3 is 10.2 Å². The largest absolute Gasteiger partial charge is 0.384 e. The van der Waals surface area contributed by atoms with Crippen LogP contribution in [0.4, 0.5) is 0 Å². The number of hydrogen-bond donors (Lipinski definition) is 3. The smallest absolute Gasteiger partial charge is 0.243 e. The fourth-order valence-corrected chi connectivity index (χ4v) is 3.99. The van der Waals surface area contributed by atoms with Gasteiger partial charge in [0.25, 0.3) is 0 Å². The second-order valence-corrected chi connectivity index (χ2v) is 8.43. The third-order valence-electron chi connectivity index (χ3n) is 4.45. The minimum Gasteiger partial charge on any atom is -0.384 e. The Morgan fingerprint density at radius 2 is 1.76 bits per heavy atom. The average molecular weight is 411 g/mol. The number of allylic oxidation sites excluding steroid dienone is 4. The molecule has 2 aromatic carbocycles. The first-order valence-electron chi connectivity index (χ1n) is 8.89. The topological polar surface area (TPSA) is 104 Å². The standard InChI is InChI=1S/C22H21NO5S/c1-16-7-10-19(11-8-16)29(27,28)23-22(26)14-13-17(15-21(22)25)9-12-20(24)18-5-3-2-4-6-18/h2-15,21,23,25-26H,1H3. The van der Waals surface area contributed by atoms with Crippen molar-refractivity contribution in [3.8, 4) is 0 Å². The lowest BCUT2D eigenvalue weighted by Crippen LogP contribution is -2.55. The summed E-state index contributed by atoms with van der Waals surface area (Å²) in [6, 6.07) is 14.8. The summed E-state index contributed by atoms with van der Waals surface area (Å²) in [5.74, 6) is -0.213. The molecular formula is C22H21NO5S. The number of aliphatic hydroxyl groups excluding tert-OH is 1. The lowest BCUT2D eigenvalue weighted by Gasteiger charge is -2.31. The molecule has 0 aromatic heterocycles. The maximum Gasteiger partial charge on any atom is 0.243 e. The van der Waals surface area contributed by atoms with Crippen LogP contribution >= 0.6 is 0 Å². The second-order valence-electron chi connectivity index (χ2n) is 6.75. The van der Waals surface area contributed by atoms with Gasteiger partial charge in [0.1, 0.15) is 6.10 Å². The van der Waals surface area contributed by atoms with Crippen molar-refractivity contribution in [3.05, 3.63) is 102 Å². The summed E-state index contributed by atoms with van der Waals surface area (Å²) in [7, 11) is -4.06. The van der Waals surface area contributed by atoms with Gasteiger partial charge in [0.15, 0.2) is 11.5 Å². The van der Waals surface area contributed by atoms with Crippen molar-refractivity contribution < 1.29 is 23.4 Å². The van der Waals surface area contributed by atoms with Crippen LogP contribution in [0, 0.1) is 6.92 Å². The molecular weight excluding hydrogens is 390 g/mol. The number of ketones is 1. The summed E-state index contributed by atoms with van der Waals surface area (Å²) in [5, 5.41) is 20.9. The summed E-state index contributed by atoms with van der Waals surface area (Å²) in [6.45, 7) is 1.83. The fraction of sp³-hybridized carbons (Fsp3) is 0.136. The van der Waals surface area contributed by atoms with Crippen molar-refractivity contribution in [1.82, 2.24) is 4.72 Å². The Morgan fingerprint density at radius 1 is 1.10 bits per heavy atom. The van der Waals surface area contributed by atoms with Crippen LogP contribution in [-0.2, 0) is 10.0 Å². The van der Waals surface area contributed by atoms with Gasteiger partial charge in [-0.2, -0.15) is 4.72 Å². The summed E-state index contributed by atoms with van der Waals surface area (Å²) in [4.78, 5) is 12.1. The van der Waals surface area contributed by atoms with Crippen LogP contribution in [0.1, 0.15) is 15.9 Å². The lowest BCUT2D eigenvalue weighted by molar-refractivity contribution is -0.0240. The van der Waals surface area contributed by atoms with Crippen LogP contribution in [0.3, 0.4) is 0 Å². The molecule has 1 aliphatic rings. The predicted molar refractivity (Wildman–Crippen MR) is 110 cm³/mol. The van der Waals surface area contributed by atoms with E-state index in [1.54, 1.807) is 36.4 Å². The number of nitrogens with one attached hydrogen (secondary N) is 1. The van der Waals surface area contributed by atoms with Crippen LogP contribution in [-0.4, -0.2) is 36.2 Å². The second kappa shape index (κ2) is 8.26. The first-order chi connectivity index (χ1) is 13.7. The molecule has 29 heavy (non-hydrogen) atoms.